The van der Waals surface area contributed by atoms with Gasteiger partial charge in [0, 0.05) is 30.5 Å². The van der Waals surface area contributed by atoms with Crippen LogP contribution in [-0.2, 0) is 11.2 Å². The van der Waals surface area contributed by atoms with Gasteiger partial charge in [-0.3, -0.25) is 4.79 Å². The van der Waals surface area contributed by atoms with Crippen molar-refractivity contribution < 1.29 is 9.53 Å². The maximum absolute atomic E-state index is 11.8. The molecule has 0 aromatic heterocycles. The highest BCUT2D eigenvalue weighted by atomic mass is 79.9. The monoisotopic (exact) mass is 436 g/mol. The topological polar surface area (TPSA) is 32.8 Å². The average Bonchev–Trinajstić information content (AvgIpc) is 3.15. The third kappa shape index (κ3) is 5.71. The molecule has 1 amide bonds. The van der Waals surface area contributed by atoms with Crippen LogP contribution < -0.4 is 4.74 Å². The van der Waals surface area contributed by atoms with Gasteiger partial charge >= 0.3 is 0 Å². The van der Waals surface area contributed by atoms with Crippen molar-refractivity contribution in [2.45, 2.75) is 45.4 Å². The summed E-state index contributed by atoms with van der Waals surface area (Å²) in [6, 6.07) is 6.27. The summed E-state index contributed by atoms with van der Waals surface area (Å²) in [6.07, 6.45) is 6.69. The molecule has 0 radical (unpaired) electrons. The standard InChI is InChI=1S/C22H33BrN2O2/c1-3-22(26)25-12-8-17(9-13-25)6-10-24-11-7-18(16-24)14-19-15-20(27-2)4-5-21(19)23/h4-5,15,17-18H,3,6-14,16H2,1-2H3. The first-order valence-corrected chi connectivity index (χ1v) is 11.2. The minimum absolute atomic E-state index is 0.319. The Bertz CT molecular complexity index is 629. The van der Waals surface area contributed by atoms with Crippen molar-refractivity contribution in [1.29, 1.82) is 0 Å². The van der Waals surface area contributed by atoms with E-state index in [2.05, 4.69) is 33.0 Å². The van der Waals surface area contributed by atoms with Crippen molar-refractivity contribution in [3.05, 3.63) is 28.2 Å². The number of methoxy groups -OCH3 is 1. The number of hydrogen-bond acceptors (Lipinski definition) is 3. The number of ether oxygens (including phenoxy) is 1. The molecule has 0 N–H and O–H groups in total. The normalized spacial score (nSPS) is 21.6. The molecule has 0 bridgehead atoms. The fourth-order valence-electron chi connectivity index (χ4n) is 4.49. The molecule has 2 aliphatic heterocycles. The van der Waals surface area contributed by atoms with Crippen LogP contribution in [0, 0.1) is 11.8 Å². The number of carbonyl (C=O) groups excluding carboxylic acids is 1. The van der Waals surface area contributed by atoms with E-state index in [1.165, 1.54) is 55.4 Å². The number of rotatable bonds is 7. The lowest BCUT2D eigenvalue weighted by Crippen LogP contribution is -2.38. The van der Waals surface area contributed by atoms with E-state index in [-0.39, 0.29) is 0 Å². The summed E-state index contributed by atoms with van der Waals surface area (Å²) in [5, 5.41) is 0. The predicted molar refractivity (Wildman–Crippen MR) is 113 cm³/mol. The van der Waals surface area contributed by atoms with Gasteiger partial charge in [-0.2, -0.15) is 0 Å². The zero-order valence-corrected chi connectivity index (χ0v) is 18.3. The fraction of sp³-hybridized carbons (Fsp3) is 0.682. The first-order valence-electron chi connectivity index (χ1n) is 10.4. The van der Waals surface area contributed by atoms with Gasteiger partial charge in [0.05, 0.1) is 7.11 Å². The van der Waals surface area contributed by atoms with E-state index in [1.807, 2.05) is 17.9 Å². The lowest BCUT2D eigenvalue weighted by atomic mass is 9.93. The van der Waals surface area contributed by atoms with Crippen LogP contribution in [0.15, 0.2) is 22.7 Å². The molecule has 2 fully saturated rings. The largest absolute Gasteiger partial charge is 0.497 e. The molecule has 3 rings (SSSR count). The van der Waals surface area contributed by atoms with Crippen molar-refractivity contribution in [2.75, 3.05) is 39.8 Å². The molecule has 0 spiro atoms. The molecule has 1 unspecified atom stereocenters. The van der Waals surface area contributed by atoms with Gasteiger partial charge in [0.2, 0.25) is 5.91 Å². The Kier molecular flexibility index (Phi) is 7.59. The van der Waals surface area contributed by atoms with Crippen molar-refractivity contribution in [3.63, 3.8) is 0 Å². The highest BCUT2D eigenvalue weighted by Gasteiger charge is 2.26. The van der Waals surface area contributed by atoms with Gasteiger partial charge in [-0.1, -0.05) is 22.9 Å². The number of nitrogens with zero attached hydrogens (tertiary/aromatic N) is 2. The van der Waals surface area contributed by atoms with Gasteiger partial charge in [-0.25, -0.2) is 0 Å². The quantitative estimate of drug-likeness (QED) is 0.636. The maximum atomic E-state index is 11.8. The molecule has 0 saturated carbocycles. The second-order valence-electron chi connectivity index (χ2n) is 8.08. The zero-order chi connectivity index (χ0) is 19.2. The Balaban J connectivity index is 1.40. The lowest BCUT2D eigenvalue weighted by Gasteiger charge is -2.32. The highest BCUT2D eigenvalue weighted by molar-refractivity contribution is 9.10. The van der Waals surface area contributed by atoms with Crippen LogP contribution in [0.25, 0.3) is 0 Å². The van der Waals surface area contributed by atoms with Crippen LogP contribution in [0.1, 0.15) is 44.6 Å². The van der Waals surface area contributed by atoms with E-state index in [0.717, 1.165) is 37.1 Å². The molecule has 1 aromatic carbocycles. The van der Waals surface area contributed by atoms with Crippen LogP contribution in [0.5, 0.6) is 5.75 Å². The molecule has 4 nitrogen and oxygen atoms in total. The van der Waals surface area contributed by atoms with Crippen molar-refractivity contribution in [2.24, 2.45) is 11.8 Å². The number of halogens is 1. The molecule has 1 aromatic rings. The van der Waals surface area contributed by atoms with E-state index >= 15 is 0 Å². The maximum Gasteiger partial charge on any atom is 0.222 e. The summed E-state index contributed by atoms with van der Waals surface area (Å²) in [7, 11) is 1.73. The van der Waals surface area contributed by atoms with Gasteiger partial charge in [-0.15, -0.1) is 0 Å². The van der Waals surface area contributed by atoms with E-state index in [9.17, 15) is 4.79 Å². The molecule has 27 heavy (non-hydrogen) atoms. The molecular weight excluding hydrogens is 404 g/mol. The Hall–Kier alpha value is -1.07. The van der Waals surface area contributed by atoms with E-state index in [4.69, 9.17) is 4.74 Å². The fourth-order valence-corrected chi connectivity index (χ4v) is 4.90. The summed E-state index contributed by atoms with van der Waals surface area (Å²) in [5.74, 6) is 2.78. The summed E-state index contributed by atoms with van der Waals surface area (Å²) in [4.78, 5) is 16.5. The molecular formula is C22H33BrN2O2. The third-order valence-electron chi connectivity index (χ3n) is 6.25. The number of piperidine rings is 1. The van der Waals surface area contributed by atoms with Crippen molar-refractivity contribution >= 4 is 21.8 Å². The van der Waals surface area contributed by atoms with E-state index in [0.29, 0.717) is 12.3 Å². The van der Waals surface area contributed by atoms with Gasteiger partial charge < -0.3 is 14.5 Å². The molecule has 0 aliphatic carbocycles. The van der Waals surface area contributed by atoms with Crippen LogP contribution in [0.2, 0.25) is 0 Å². The third-order valence-corrected chi connectivity index (χ3v) is 7.03. The summed E-state index contributed by atoms with van der Waals surface area (Å²) < 4.78 is 6.56. The smallest absolute Gasteiger partial charge is 0.222 e. The molecule has 150 valence electrons. The Labute approximate surface area is 172 Å². The van der Waals surface area contributed by atoms with Crippen molar-refractivity contribution in [1.82, 2.24) is 9.80 Å². The second kappa shape index (κ2) is 9.92. The molecule has 2 aliphatic rings. The number of hydrogen-bond donors (Lipinski definition) is 0. The van der Waals surface area contributed by atoms with Gasteiger partial charge in [0.15, 0.2) is 0 Å². The SMILES string of the molecule is CCC(=O)N1CCC(CCN2CCC(Cc3cc(OC)ccc3Br)C2)CC1. The molecule has 2 heterocycles. The number of carbonyl (C=O) groups is 1. The average molecular weight is 437 g/mol. The number of amides is 1. The molecule has 1 atom stereocenters. The Morgan fingerprint density at radius 3 is 2.63 bits per heavy atom. The molecule has 5 heteroatoms. The summed E-state index contributed by atoms with van der Waals surface area (Å²) in [5.41, 5.74) is 1.36. The van der Waals surface area contributed by atoms with Crippen molar-refractivity contribution in [3.8, 4) is 5.75 Å². The minimum Gasteiger partial charge on any atom is -0.497 e. The van der Waals surface area contributed by atoms with Crippen LogP contribution >= 0.6 is 15.9 Å². The van der Waals surface area contributed by atoms with Gasteiger partial charge in [0.25, 0.3) is 0 Å². The van der Waals surface area contributed by atoms with Gasteiger partial charge in [-0.05, 0) is 80.8 Å². The first kappa shape index (κ1) is 20.7. The minimum atomic E-state index is 0.319. The zero-order valence-electron chi connectivity index (χ0n) is 16.8. The van der Waals surface area contributed by atoms with Crippen LogP contribution in [0.3, 0.4) is 0 Å². The van der Waals surface area contributed by atoms with E-state index in [1.54, 1.807) is 7.11 Å². The lowest BCUT2D eigenvalue weighted by molar-refractivity contribution is -0.132. The summed E-state index contributed by atoms with van der Waals surface area (Å²) >= 11 is 3.69. The Morgan fingerprint density at radius 1 is 1.19 bits per heavy atom. The summed E-state index contributed by atoms with van der Waals surface area (Å²) in [6.45, 7) is 7.52. The highest BCUT2D eigenvalue weighted by Crippen LogP contribution is 2.29. The predicted octanol–water partition coefficient (Wildman–Crippen LogP) is 4.36. The number of likely N-dealkylation sites (tertiary alicyclic amines) is 2. The number of benzene rings is 1. The van der Waals surface area contributed by atoms with Crippen LogP contribution in [0.4, 0.5) is 0 Å². The molecule has 2 saturated heterocycles. The second-order valence-corrected chi connectivity index (χ2v) is 8.94. The van der Waals surface area contributed by atoms with E-state index < -0.39 is 0 Å². The Morgan fingerprint density at radius 2 is 1.93 bits per heavy atom. The first-order chi connectivity index (χ1) is 13.1. The van der Waals surface area contributed by atoms with Gasteiger partial charge in [0.1, 0.15) is 5.75 Å². The van der Waals surface area contributed by atoms with Crippen LogP contribution in [-0.4, -0.2) is 55.5 Å².